The molecule has 1 saturated carbocycles. The summed E-state index contributed by atoms with van der Waals surface area (Å²) in [5.41, 5.74) is 0.619. The lowest BCUT2D eigenvalue weighted by Crippen LogP contribution is -2.54. The molecule has 2 aromatic carbocycles. The number of sulfonamides is 1. The predicted molar refractivity (Wildman–Crippen MR) is 178 cm³/mol. The number of nitrogens with zero attached hydrogens (tertiary/aromatic N) is 1. The van der Waals surface area contributed by atoms with Crippen molar-refractivity contribution in [2.24, 2.45) is 5.41 Å². The van der Waals surface area contributed by atoms with Crippen LogP contribution in [0.1, 0.15) is 90.2 Å². The number of fused-ring (bicyclic) bond motifs is 8. The molecule has 2 bridgehead atoms. The summed E-state index contributed by atoms with van der Waals surface area (Å²) in [6, 6.07) is 12.5. The van der Waals surface area contributed by atoms with Gasteiger partial charge in [-0.2, -0.15) is 4.31 Å². The summed E-state index contributed by atoms with van der Waals surface area (Å²) in [5, 5.41) is 25.3. The number of rotatable bonds is 8. The molecule has 1 aromatic heterocycles. The third-order valence-corrected chi connectivity index (χ3v) is 12.4. The second-order valence-corrected chi connectivity index (χ2v) is 16.3. The Morgan fingerprint density at radius 1 is 1.09 bits per heavy atom. The highest BCUT2D eigenvalue weighted by atomic mass is 32.2. The van der Waals surface area contributed by atoms with Gasteiger partial charge in [0.2, 0.25) is 10.0 Å². The molecule has 46 heavy (non-hydrogen) atoms. The Hall–Kier alpha value is -2.76. The quantitative estimate of drug-likeness (QED) is 0.203. The van der Waals surface area contributed by atoms with Gasteiger partial charge in [0.05, 0.1) is 18.0 Å². The van der Waals surface area contributed by atoms with Crippen molar-refractivity contribution in [1.29, 1.82) is 0 Å². The number of benzene rings is 2. The lowest BCUT2D eigenvalue weighted by Gasteiger charge is -2.45. The first-order valence-corrected chi connectivity index (χ1v) is 18.6. The second-order valence-electron chi connectivity index (χ2n) is 13.3. The van der Waals surface area contributed by atoms with Gasteiger partial charge in [0.25, 0.3) is 0 Å². The van der Waals surface area contributed by atoms with Crippen molar-refractivity contribution in [3.05, 3.63) is 104 Å². The zero-order valence-electron chi connectivity index (χ0n) is 26.6. The number of carbonyl (C=O) groups is 1. The van der Waals surface area contributed by atoms with Crippen LogP contribution >= 0.6 is 11.3 Å². The zero-order valence-corrected chi connectivity index (χ0v) is 28.3. The van der Waals surface area contributed by atoms with Crippen LogP contribution in [0.3, 0.4) is 0 Å². The van der Waals surface area contributed by atoms with Crippen LogP contribution in [0.15, 0.2) is 65.6 Å². The molecule has 0 unspecified atom stereocenters. The van der Waals surface area contributed by atoms with Crippen LogP contribution in [0.2, 0.25) is 0 Å². The Balaban J connectivity index is 1.59. The maximum absolute atomic E-state index is 14.3. The number of thiophene rings is 1. The minimum absolute atomic E-state index is 0.00399. The topological polar surface area (TPSA) is 94.9 Å². The molecule has 0 aliphatic heterocycles. The Kier molecular flexibility index (Phi) is 10.3. The lowest BCUT2D eigenvalue weighted by molar-refractivity contribution is -0.0722. The average molecular weight is 672 g/mol. The first-order chi connectivity index (χ1) is 21.7. The van der Waals surface area contributed by atoms with E-state index in [0.29, 0.717) is 62.5 Å². The fourth-order valence-electron chi connectivity index (χ4n) is 7.33. The number of aliphatic hydroxyl groups excluding tert-OH is 1. The second kappa shape index (κ2) is 13.8. The minimum atomic E-state index is -3.66. The molecule has 0 saturated heterocycles. The van der Waals surface area contributed by atoms with Crippen LogP contribution in [-0.2, 0) is 22.9 Å². The predicted octanol–water partition coefficient (Wildman–Crippen LogP) is 6.80. The first kappa shape index (κ1) is 34.6. The van der Waals surface area contributed by atoms with E-state index in [0.717, 1.165) is 28.1 Å². The molecule has 248 valence electrons. The Bertz CT molecular complexity index is 1710. The summed E-state index contributed by atoms with van der Waals surface area (Å²) in [6.45, 7) is 4.17. The molecule has 0 amide bonds. The number of ketones is 1. The van der Waals surface area contributed by atoms with E-state index in [4.69, 9.17) is 0 Å². The molecule has 3 aromatic rings. The molecule has 1 heterocycles. The number of hydrogen-bond acceptors (Lipinski definition) is 6. The van der Waals surface area contributed by atoms with Crippen LogP contribution in [0.5, 0.6) is 0 Å². The van der Waals surface area contributed by atoms with E-state index in [1.807, 2.05) is 43.5 Å². The first-order valence-electron chi connectivity index (χ1n) is 15.9. The van der Waals surface area contributed by atoms with Crippen molar-refractivity contribution >= 4 is 27.1 Å². The maximum atomic E-state index is 14.3. The number of allylic oxidation sites excluding steroid dienone is 2. The standard InChI is InChI=1S/C36H43F2NO5S2/c1-24-6-4-16-35(2)31(14-17-36(35,42)23-39(46(3,43)44)18-15-28-7-5-19-45-28)29-12-9-25(20-27(40)11-8-24)21-30(29)34(41)26-10-13-32(37)33(38)22-26/h5-7,9-10,12-13,19,21-22,27,31,40,42H,4,8,11,14-18,20,23H2,1-3H3/t27-,31-,35-,36+/m0/s1. The molecule has 3 aliphatic rings. The Morgan fingerprint density at radius 2 is 1.87 bits per heavy atom. The lowest BCUT2D eigenvalue weighted by atomic mass is 9.64. The summed E-state index contributed by atoms with van der Waals surface area (Å²) in [4.78, 5) is 15.1. The molecule has 1 fully saturated rings. The molecule has 0 radical (unpaired) electrons. The molecule has 3 aliphatic carbocycles. The normalized spacial score (nSPS) is 25.7. The van der Waals surface area contributed by atoms with Gasteiger partial charge in [0.15, 0.2) is 17.4 Å². The third kappa shape index (κ3) is 7.36. The Labute approximate surface area is 274 Å². The van der Waals surface area contributed by atoms with Crippen LogP contribution in [0, 0.1) is 17.0 Å². The molecular weight excluding hydrogens is 629 g/mol. The zero-order chi connectivity index (χ0) is 33.3. The van der Waals surface area contributed by atoms with Crippen LogP contribution in [0.4, 0.5) is 8.78 Å². The van der Waals surface area contributed by atoms with Crippen LogP contribution < -0.4 is 0 Å². The molecule has 6 nitrogen and oxygen atoms in total. The molecule has 2 N–H and O–H groups in total. The fourth-order valence-corrected chi connectivity index (χ4v) is 8.90. The van der Waals surface area contributed by atoms with Crippen molar-refractivity contribution < 1.29 is 32.2 Å². The number of halogens is 2. The van der Waals surface area contributed by atoms with E-state index < -0.39 is 44.6 Å². The van der Waals surface area contributed by atoms with Gasteiger partial charge in [-0.1, -0.05) is 36.8 Å². The van der Waals surface area contributed by atoms with Gasteiger partial charge in [-0.05, 0) is 111 Å². The smallest absolute Gasteiger partial charge is 0.211 e. The van der Waals surface area contributed by atoms with E-state index in [-0.39, 0.29) is 24.6 Å². The number of hydrogen-bond donors (Lipinski definition) is 2. The van der Waals surface area contributed by atoms with Gasteiger partial charge >= 0.3 is 0 Å². The van der Waals surface area contributed by atoms with Crippen molar-refractivity contribution in [2.45, 2.75) is 82.8 Å². The van der Waals surface area contributed by atoms with Gasteiger partial charge in [0.1, 0.15) is 0 Å². The van der Waals surface area contributed by atoms with Gasteiger partial charge in [-0.3, -0.25) is 4.79 Å². The van der Waals surface area contributed by atoms with Crippen molar-refractivity contribution in [3.63, 3.8) is 0 Å². The molecular formula is C36H43F2NO5S2. The van der Waals surface area contributed by atoms with E-state index in [1.54, 1.807) is 17.4 Å². The van der Waals surface area contributed by atoms with Gasteiger partial charge in [-0.15, -0.1) is 11.3 Å². The van der Waals surface area contributed by atoms with Gasteiger partial charge in [-0.25, -0.2) is 17.2 Å². The molecule has 10 heteroatoms. The SMILES string of the molecule is CC1=CCC[C@@]2(C)[C@@H](CC[C@@]2(O)CN(CCc2cccs2)S(C)(=O)=O)c2ccc(cc2C(=O)c2ccc(F)c(F)c2)C[C@@H](O)CC1. The van der Waals surface area contributed by atoms with E-state index in [1.165, 1.54) is 16.6 Å². The summed E-state index contributed by atoms with van der Waals surface area (Å²) in [5.74, 6) is -2.98. The van der Waals surface area contributed by atoms with Crippen molar-refractivity contribution in [3.8, 4) is 0 Å². The van der Waals surface area contributed by atoms with Gasteiger partial charge < -0.3 is 10.2 Å². The summed E-state index contributed by atoms with van der Waals surface area (Å²) < 4.78 is 55.6. The third-order valence-electron chi connectivity index (χ3n) is 10.2. The van der Waals surface area contributed by atoms with Crippen LogP contribution in [0.25, 0.3) is 0 Å². The largest absolute Gasteiger partial charge is 0.393 e. The maximum Gasteiger partial charge on any atom is 0.211 e. The summed E-state index contributed by atoms with van der Waals surface area (Å²) in [6.07, 6.45) is 6.72. The Morgan fingerprint density at radius 3 is 2.57 bits per heavy atom. The minimum Gasteiger partial charge on any atom is -0.393 e. The highest BCUT2D eigenvalue weighted by Crippen LogP contribution is 2.59. The molecule has 4 atom stereocenters. The van der Waals surface area contributed by atoms with Crippen molar-refractivity contribution in [1.82, 2.24) is 4.31 Å². The molecule has 0 spiro atoms. The summed E-state index contributed by atoms with van der Waals surface area (Å²) in [7, 11) is -3.66. The van der Waals surface area contributed by atoms with E-state index in [9.17, 15) is 32.2 Å². The van der Waals surface area contributed by atoms with Crippen molar-refractivity contribution in [2.75, 3.05) is 19.3 Å². The number of carbonyl (C=O) groups excluding carboxylic acids is 1. The van der Waals surface area contributed by atoms with Crippen LogP contribution in [-0.4, -0.2) is 59.8 Å². The molecule has 6 rings (SSSR count). The monoisotopic (exact) mass is 671 g/mol. The highest BCUT2D eigenvalue weighted by molar-refractivity contribution is 7.88. The van der Waals surface area contributed by atoms with Gasteiger partial charge in [0, 0.05) is 34.5 Å². The summed E-state index contributed by atoms with van der Waals surface area (Å²) >= 11 is 1.56. The average Bonchev–Trinajstić information content (AvgIpc) is 3.60. The fraction of sp³-hybridized carbons (Fsp3) is 0.472. The van der Waals surface area contributed by atoms with E-state index >= 15 is 0 Å². The van der Waals surface area contributed by atoms with E-state index in [2.05, 4.69) is 6.08 Å². The highest BCUT2D eigenvalue weighted by Gasteiger charge is 2.57. The number of aliphatic hydroxyl groups is 2.